The van der Waals surface area contributed by atoms with E-state index in [1.807, 2.05) is 38.1 Å². The zero-order chi connectivity index (χ0) is 28.1. The Morgan fingerprint density at radius 3 is 2.31 bits per heavy atom. The molecule has 1 heterocycles. The second kappa shape index (κ2) is 13.8. The minimum atomic E-state index is -0.714. The molecule has 3 rings (SSSR count). The van der Waals surface area contributed by atoms with Crippen molar-refractivity contribution < 1.29 is 47.2 Å². The zero-order valence-electron chi connectivity index (χ0n) is 24.0. The summed E-state index contributed by atoms with van der Waals surface area (Å²) in [5, 5.41) is 11.3. The molecule has 1 aromatic heterocycles. The summed E-state index contributed by atoms with van der Waals surface area (Å²) >= 11 is 0. The van der Waals surface area contributed by atoms with Crippen LogP contribution >= 0.6 is 0 Å². The predicted molar refractivity (Wildman–Crippen MR) is 150 cm³/mol. The Kier molecular flexibility index (Phi) is 11.6. The minimum Gasteiger partial charge on any atom is -0.667 e. The maximum Gasteiger partial charge on any atom is 0.271 e. The number of imidazole rings is 1. The van der Waals surface area contributed by atoms with Crippen molar-refractivity contribution in [2.75, 3.05) is 26.2 Å². The van der Waals surface area contributed by atoms with E-state index in [9.17, 15) is 14.9 Å². The van der Waals surface area contributed by atoms with Crippen LogP contribution in [0.5, 0.6) is 5.75 Å². The molecule has 0 unspecified atom stereocenters. The molecule has 0 aliphatic carbocycles. The number of nitro benzene ring substituents is 1. The maximum absolute atomic E-state index is 11.6. The van der Waals surface area contributed by atoms with Gasteiger partial charge in [0.1, 0.15) is 11.6 Å². The van der Waals surface area contributed by atoms with E-state index >= 15 is 0 Å². The Morgan fingerprint density at radius 2 is 1.74 bits per heavy atom. The summed E-state index contributed by atoms with van der Waals surface area (Å²) in [6.45, 7) is 15.9. The van der Waals surface area contributed by atoms with E-state index in [1.54, 1.807) is 26.0 Å². The molecule has 9 nitrogen and oxygen atoms in total. The van der Waals surface area contributed by atoms with Gasteiger partial charge in [0, 0.05) is 69.8 Å². The number of benzene rings is 2. The van der Waals surface area contributed by atoms with Crippen molar-refractivity contribution in [2.45, 2.75) is 60.9 Å². The Bertz CT molecular complexity index is 1270. The van der Waals surface area contributed by atoms with Crippen LogP contribution in [-0.2, 0) is 50.5 Å². The van der Waals surface area contributed by atoms with Crippen LogP contribution in [-0.4, -0.2) is 51.5 Å². The molecule has 39 heavy (non-hydrogen) atoms. The Morgan fingerprint density at radius 1 is 1.10 bits per heavy atom. The molecule has 0 spiro atoms. The van der Waals surface area contributed by atoms with Crippen molar-refractivity contribution in [3.8, 4) is 5.75 Å². The minimum absolute atomic E-state index is 0. The van der Waals surface area contributed by atoms with E-state index in [-0.39, 0.29) is 48.7 Å². The average Bonchev–Trinajstić information content (AvgIpc) is 3.19. The topological polar surface area (TPSA) is 114 Å². The fourth-order valence-corrected chi connectivity index (χ4v) is 4.94. The maximum atomic E-state index is 11.6. The number of non-ortho nitro benzene ring substituents is 1. The van der Waals surface area contributed by atoms with Crippen molar-refractivity contribution in [3.05, 3.63) is 69.7 Å². The molecule has 3 aromatic rings. The van der Waals surface area contributed by atoms with Crippen LogP contribution < -0.4 is 4.74 Å². The number of nitrogens with one attached hydrogen (secondary N) is 1. The van der Waals surface area contributed by atoms with Gasteiger partial charge in [-0.05, 0) is 48.7 Å². The van der Waals surface area contributed by atoms with Crippen LogP contribution in [0.4, 0.5) is 5.69 Å². The van der Waals surface area contributed by atoms with Crippen molar-refractivity contribution in [2.24, 2.45) is 10.8 Å². The zero-order valence-corrected chi connectivity index (χ0v) is 26.8. The molecule has 1 amide bonds. The molecule has 0 saturated carbocycles. The Balaban J connectivity index is 0.00000533. The average molecular weight is 612 g/mol. The van der Waals surface area contributed by atoms with Gasteiger partial charge in [0.2, 0.25) is 0 Å². The summed E-state index contributed by atoms with van der Waals surface area (Å²) < 4.78 is 8.20. The molecular weight excluding hydrogens is 571 g/mol. The summed E-state index contributed by atoms with van der Waals surface area (Å²) in [5.41, 5.74) is 9.15. The van der Waals surface area contributed by atoms with Gasteiger partial charge in [0.15, 0.2) is 0 Å². The number of hydrogen-bond donors (Lipinski definition) is 0. The second-order valence-corrected chi connectivity index (χ2v) is 11.3. The first-order chi connectivity index (χ1) is 17.8. The molecule has 0 bridgehead atoms. The quantitative estimate of drug-likeness (QED) is 0.157. The van der Waals surface area contributed by atoms with Gasteiger partial charge in [0.25, 0.3) is 5.69 Å². The molecule has 0 saturated heterocycles. The molecule has 10 heteroatoms. The number of fused-ring (bicyclic) bond motifs is 1. The molecule has 2 aromatic carbocycles. The number of nitro groups is 1. The number of aromatic nitrogens is 2. The van der Waals surface area contributed by atoms with Gasteiger partial charge < -0.3 is 24.7 Å². The number of amides is 1. The molecule has 0 aliphatic rings. The van der Waals surface area contributed by atoms with E-state index in [0.29, 0.717) is 25.0 Å². The molecule has 1 N–H and O–H groups in total. The van der Waals surface area contributed by atoms with Gasteiger partial charge >= 0.3 is 0 Å². The summed E-state index contributed by atoms with van der Waals surface area (Å²) in [4.78, 5) is 29.7. The third kappa shape index (κ3) is 8.82. The number of rotatable bonds is 14. The van der Waals surface area contributed by atoms with Gasteiger partial charge in [-0.1, -0.05) is 53.7 Å². The predicted octanol–water partition coefficient (Wildman–Crippen LogP) is 6.27. The summed E-state index contributed by atoms with van der Waals surface area (Å²) in [6, 6.07) is 12.8. The van der Waals surface area contributed by atoms with Gasteiger partial charge in [-0.25, -0.2) is 4.98 Å². The monoisotopic (exact) mass is 611 g/mol. The van der Waals surface area contributed by atoms with E-state index in [4.69, 9.17) is 15.5 Å². The fraction of sp³-hybridized carbons (Fsp3) is 0.517. The van der Waals surface area contributed by atoms with Crippen LogP contribution in [0.25, 0.3) is 16.8 Å². The first-order valence-electron chi connectivity index (χ1n) is 13.2. The van der Waals surface area contributed by atoms with E-state index < -0.39 is 11.3 Å². The van der Waals surface area contributed by atoms with E-state index in [2.05, 4.69) is 23.3 Å². The first kappa shape index (κ1) is 32.9. The van der Waals surface area contributed by atoms with Crippen molar-refractivity contribution in [3.63, 3.8) is 0 Å². The van der Waals surface area contributed by atoms with Crippen LogP contribution in [0.2, 0.25) is 0 Å². The van der Waals surface area contributed by atoms with Crippen LogP contribution in [0.1, 0.15) is 59.4 Å². The van der Waals surface area contributed by atoms with Gasteiger partial charge in [-0.3, -0.25) is 10.1 Å². The second-order valence-electron chi connectivity index (χ2n) is 11.3. The number of nitrogens with zero attached hydrogens (tertiary/aromatic N) is 4. The fourth-order valence-electron chi connectivity index (χ4n) is 4.94. The number of carbonyl (C=O) groups is 1. The van der Waals surface area contributed by atoms with Crippen LogP contribution in [0.3, 0.4) is 0 Å². The number of likely N-dealkylation sites (N-methyl/N-ethyl adjacent to an activating group) is 1. The standard InChI is InChI=1S/C29H41N5O4.Y/c1-7-32(8-2)15-16-33-25-14-11-22(34(36)37)18-24(25)31-26(33)17-21-9-12-23(13-10-21)38-20-28(3,4)19-29(5,6)27(30)35;/h9-14,18H,7-8,15-17,19-20H2,1-6H3,(H2,30,35);/p-1. The normalized spacial score (nSPS) is 12.0. The van der Waals surface area contributed by atoms with Crippen molar-refractivity contribution in [1.29, 1.82) is 0 Å². The number of carbonyl (C=O) groups excluding carboxylic acids is 1. The van der Waals surface area contributed by atoms with Gasteiger partial charge in [0.05, 0.1) is 28.5 Å². The number of hydrogen-bond acceptors (Lipinski definition) is 6. The summed E-state index contributed by atoms with van der Waals surface area (Å²) in [5.74, 6) is 1.04. The van der Waals surface area contributed by atoms with Gasteiger partial charge in [-0.2, -0.15) is 0 Å². The Labute approximate surface area is 256 Å². The van der Waals surface area contributed by atoms with E-state index in [0.717, 1.165) is 48.8 Å². The smallest absolute Gasteiger partial charge is 0.271 e. The third-order valence-corrected chi connectivity index (χ3v) is 7.01. The first-order valence-corrected chi connectivity index (χ1v) is 13.2. The third-order valence-electron chi connectivity index (χ3n) is 7.01. The molecule has 0 atom stereocenters. The molecule has 209 valence electrons. The van der Waals surface area contributed by atoms with Crippen LogP contribution in [0, 0.1) is 20.9 Å². The molecule has 0 aliphatic heterocycles. The summed E-state index contributed by atoms with van der Waals surface area (Å²) in [7, 11) is 0. The SMILES string of the molecule is CCN(CC)CCn1c(Cc2ccc(OCC(C)(C)CC(C)(C)C([NH-])=O)cc2)nc2cc([N+](=O)[O-])ccc21.[Y]. The molecular formula is C29H40N5O4Y-. The molecule has 0 fully saturated rings. The molecule has 1 radical (unpaired) electrons. The Hall–Kier alpha value is -2.36. The van der Waals surface area contributed by atoms with Crippen LogP contribution in [0.15, 0.2) is 42.5 Å². The number of ether oxygens (including phenoxy) is 1. The van der Waals surface area contributed by atoms with Crippen molar-refractivity contribution >= 4 is 22.6 Å². The summed E-state index contributed by atoms with van der Waals surface area (Å²) in [6.07, 6.45) is 1.15. The van der Waals surface area contributed by atoms with E-state index in [1.165, 1.54) is 6.07 Å². The largest absolute Gasteiger partial charge is 0.667 e. The van der Waals surface area contributed by atoms with Gasteiger partial charge in [-0.15, -0.1) is 0 Å². The van der Waals surface area contributed by atoms with Crippen molar-refractivity contribution in [1.82, 2.24) is 14.5 Å².